The highest BCUT2D eigenvalue weighted by atomic mass is 35.5. The van der Waals surface area contributed by atoms with Gasteiger partial charge in [0, 0.05) is 5.02 Å². The molecule has 0 saturated carbocycles. The van der Waals surface area contributed by atoms with Crippen LogP contribution in [0.5, 0.6) is 23.0 Å². The van der Waals surface area contributed by atoms with Gasteiger partial charge in [0.15, 0.2) is 17.2 Å². The number of benzene rings is 3. The molecule has 1 N–H and O–H groups in total. The fourth-order valence-electron chi connectivity index (χ4n) is 2.94. The van der Waals surface area contributed by atoms with Gasteiger partial charge in [-0.15, -0.1) is 0 Å². The average Bonchev–Trinajstić information content (AvgIpc) is 2.70. The molecule has 0 saturated heterocycles. The lowest BCUT2D eigenvalue weighted by molar-refractivity contribution is -0.115. The molecule has 0 spiro atoms. The maximum absolute atomic E-state index is 12.6. The van der Waals surface area contributed by atoms with Crippen LogP contribution in [0.4, 0.5) is 5.69 Å². The van der Waals surface area contributed by atoms with Gasteiger partial charge in [0.1, 0.15) is 5.75 Å². The van der Waals surface area contributed by atoms with E-state index in [9.17, 15) is 4.79 Å². The second kappa shape index (κ2) is 9.34. The third kappa shape index (κ3) is 5.21. The SMILES string of the molecule is COc1ccc(CC(=O)Nc2cc(Cl)ccc2Oc2ccccc2OC)cc1C. The van der Waals surface area contributed by atoms with Gasteiger partial charge in [-0.25, -0.2) is 0 Å². The van der Waals surface area contributed by atoms with E-state index >= 15 is 0 Å². The molecule has 0 fully saturated rings. The van der Waals surface area contributed by atoms with Crippen molar-refractivity contribution < 1.29 is 19.0 Å². The summed E-state index contributed by atoms with van der Waals surface area (Å²) < 4.78 is 16.6. The first kappa shape index (κ1) is 20.6. The Balaban J connectivity index is 1.79. The van der Waals surface area contributed by atoms with Crippen LogP contribution < -0.4 is 19.5 Å². The van der Waals surface area contributed by atoms with Gasteiger partial charge in [-0.2, -0.15) is 0 Å². The van der Waals surface area contributed by atoms with E-state index in [1.165, 1.54) is 0 Å². The van der Waals surface area contributed by atoms with Crippen molar-refractivity contribution in [1.82, 2.24) is 0 Å². The van der Waals surface area contributed by atoms with Gasteiger partial charge in [0.05, 0.1) is 26.3 Å². The summed E-state index contributed by atoms with van der Waals surface area (Å²) in [5.74, 6) is 2.21. The minimum Gasteiger partial charge on any atom is -0.496 e. The fraction of sp³-hybridized carbons (Fsp3) is 0.174. The molecule has 1 amide bonds. The molecule has 5 nitrogen and oxygen atoms in total. The quantitative estimate of drug-likeness (QED) is 0.546. The van der Waals surface area contributed by atoms with Crippen LogP contribution in [0, 0.1) is 6.92 Å². The second-order valence-corrected chi connectivity index (χ2v) is 6.86. The number of nitrogens with one attached hydrogen (secondary N) is 1. The molecule has 0 aliphatic rings. The fourth-order valence-corrected chi connectivity index (χ4v) is 3.11. The summed E-state index contributed by atoms with van der Waals surface area (Å²) in [6.45, 7) is 1.94. The zero-order valence-corrected chi connectivity index (χ0v) is 17.2. The molecule has 0 unspecified atom stereocenters. The lowest BCUT2D eigenvalue weighted by atomic mass is 10.1. The molecular formula is C23H22ClNO4. The number of carbonyl (C=O) groups excluding carboxylic acids is 1. The summed E-state index contributed by atoms with van der Waals surface area (Å²) in [5.41, 5.74) is 2.34. The Morgan fingerprint density at radius 3 is 2.28 bits per heavy atom. The zero-order valence-electron chi connectivity index (χ0n) is 16.5. The number of hydrogen-bond donors (Lipinski definition) is 1. The molecule has 3 aromatic rings. The molecule has 0 aliphatic carbocycles. The number of amides is 1. The molecule has 0 heterocycles. The number of hydrogen-bond acceptors (Lipinski definition) is 4. The van der Waals surface area contributed by atoms with Crippen LogP contribution >= 0.6 is 11.6 Å². The lowest BCUT2D eigenvalue weighted by Crippen LogP contribution is -2.15. The number of para-hydroxylation sites is 2. The standard InChI is InChI=1S/C23H22ClNO4/c1-15-12-16(8-10-19(15)27-2)13-23(26)25-18-14-17(24)9-11-20(18)29-22-7-5-4-6-21(22)28-3/h4-12,14H,13H2,1-3H3,(H,25,26). The van der Waals surface area contributed by atoms with Crippen LogP contribution in [0.15, 0.2) is 60.7 Å². The predicted octanol–water partition coefficient (Wildman–Crippen LogP) is 5.64. The number of methoxy groups -OCH3 is 2. The Kier molecular flexibility index (Phi) is 6.62. The summed E-state index contributed by atoms with van der Waals surface area (Å²) in [6.07, 6.45) is 0.214. The summed E-state index contributed by atoms with van der Waals surface area (Å²) in [4.78, 5) is 12.6. The van der Waals surface area contributed by atoms with Crippen molar-refractivity contribution in [2.45, 2.75) is 13.3 Å². The number of anilines is 1. The van der Waals surface area contributed by atoms with E-state index in [0.29, 0.717) is 28.0 Å². The van der Waals surface area contributed by atoms with E-state index in [2.05, 4.69) is 5.32 Å². The van der Waals surface area contributed by atoms with Gasteiger partial charge >= 0.3 is 0 Å². The van der Waals surface area contributed by atoms with Crippen molar-refractivity contribution in [3.63, 3.8) is 0 Å². The van der Waals surface area contributed by atoms with Crippen LogP contribution in [-0.4, -0.2) is 20.1 Å². The number of halogens is 1. The van der Waals surface area contributed by atoms with Gasteiger partial charge in [0.25, 0.3) is 0 Å². The molecular weight excluding hydrogens is 390 g/mol. The van der Waals surface area contributed by atoms with Crippen LogP contribution in [0.1, 0.15) is 11.1 Å². The van der Waals surface area contributed by atoms with Crippen LogP contribution in [-0.2, 0) is 11.2 Å². The first-order valence-electron chi connectivity index (χ1n) is 9.04. The molecule has 0 atom stereocenters. The number of carbonyl (C=O) groups is 1. The Morgan fingerprint density at radius 1 is 0.897 bits per heavy atom. The third-order valence-electron chi connectivity index (χ3n) is 4.33. The molecule has 0 bridgehead atoms. The monoisotopic (exact) mass is 411 g/mol. The average molecular weight is 412 g/mol. The maximum atomic E-state index is 12.6. The van der Waals surface area contributed by atoms with Crippen molar-refractivity contribution in [2.24, 2.45) is 0 Å². The Morgan fingerprint density at radius 2 is 1.59 bits per heavy atom. The van der Waals surface area contributed by atoms with Crippen molar-refractivity contribution in [3.8, 4) is 23.0 Å². The predicted molar refractivity (Wildman–Crippen MR) is 115 cm³/mol. The lowest BCUT2D eigenvalue weighted by Gasteiger charge is -2.15. The van der Waals surface area contributed by atoms with Gasteiger partial charge in [-0.1, -0.05) is 35.9 Å². The van der Waals surface area contributed by atoms with E-state index in [0.717, 1.165) is 16.9 Å². The first-order chi connectivity index (χ1) is 14.0. The Labute approximate surface area is 175 Å². The van der Waals surface area contributed by atoms with Gasteiger partial charge < -0.3 is 19.5 Å². The maximum Gasteiger partial charge on any atom is 0.228 e. The molecule has 6 heteroatoms. The van der Waals surface area contributed by atoms with Crippen LogP contribution in [0.25, 0.3) is 0 Å². The summed E-state index contributed by atoms with van der Waals surface area (Å²) in [5, 5.41) is 3.38. The smallest absolute Gasteiger partial charge is 0.228 e. The van der Waals surface area contributed by atoms with Crippen LogP contribution in [0.2, 0.25) is 5.02 Å². The van der Waals surface area contributed by atoms with Crippen molar-refractivity contribution in [3.05, 3.63) is 76.8 Å². The summed E-state index contributed by atoms with van der Waals surface area (Å²) >= 11 is 6.13. The zero-order chi connectivity index (χ0) is 20.8. The molecule has 29 heavy (non-hydrogen) atoms. The van der Waals surface area contributed by atoms with Crippen molar-refractivity contribution in [1.29, 1.82) is 0 Å². The van der Waals surface area contributed by atoms with Gasteiger partial charge in [-0.3, -0.25) is 4.79 Å². The van der Waals surface area contributed by atoms with Crippen molar-refractivity contribution in [2.75, 3.05) is 19.5 Å². The topological polar surface area (TPSA) is 56.8 Å². The second-order valence-electron chi connectivity index (χ2n) is 6.42. The van der Waals surface area contributed by atoms with E-state index < -0.39 is 0 Å². The molecule has 0 aliphatic heterocycles. The number of rotatable bonds is 7. The van der Waals surface area contributed by atoms with Crippen LogP contribution in [0.3, 0.4) is 0 Å². The molecule has 3 aromatic carbocycles. The summed E-state index contributed by atoms with van der Waals surface area (Å²) in [7, 11) is 3.20. The molecule has 3 rings (SSSR count). The first-order valence-corrected chi connectivity index (χ1v) is 9.41. The number of aryl methyl sites for hydroxylation is 1. The van der Waals surface area contributed by atoms with E-state index in [1.54, 1.807) is 44.6 Å². The normalized spacial score (nSPS) is 10.3. The van der Waals surface area contributed by atoms with E-state index in [4.69, 9.17) is 25.8 Å². The van der Waals surface area contributed by atoms with Gasteiger partial charge in [0.2, 0.25) is 5.91 Å². The largest absolute Gasteiger partial charge is 0.496 e. The van der Waals surface area contributed by atoms with Gasteiger partial charge in [-0.05, 0) is 54.4 Å². The molecule has 150 valence electrons. The third-order valence-corrected chi connectivity index (χ3v) is 4.56. The molecule has 0 aromatic heterocycles. The minimum atomic E-state index is -0.179. The number of ether oxygens (including phenoxy) is 3. The highest BCUT2D eigenvalue weighted by molar-refractivity contribution is 6.31. The van der Waals surface area contributed by atoms with E-state index in [-0.39, 0.29) is 12.3 Å². The Bertz CT molecular complexity index is 1020. The minimum absolute atomic E-state index is 0.179. The highest BCUT2D eigenvalue weighted by Crippen LogP contribution is 2.36. The highest BCUT2D eigenvalue weighted by Gasteiger charge is 2.13. The van der Waals surface area contributed by atoms with Crippen molar-refractivity contribution >= 4 is 23.2 Å². The molecule has 0 radical (unpaired) electrons. The summed E-state index contributed by atoms with van der Waals surface area (Å²) in [6, 6.07) is 18.0. The van der Waals surface area contributed by atoms with E-state index in [1.807, 2.05) is 37.3 Å². The Hall–Kier alpha value is -3.18.